The molecule has 2 aromatic rings. The molecule has 2 aromatic carbocycles. The highest BCUT2D eigenvalue weighted by Crippen LogP contribution is 2.36. The molecule has 0 radical (unpaired) electrons. The van der Waals surface area contributed by atoms with Gasteiger partial charge in [-0.2, -0.15) is 0 Å². The zero-order valence-corrected chi connectivity index (χ0v) is 20.3. The van der Waals surface area contributed by atoms with E-state index in [0.717, 1.165) is 25.3 Å². The Hall–Kier alpha value is -3.00. The molecule has 8 heteroatoms. The molecule has 0 N–H and O–H groups in total. The van der Waals surface area contributed by atoms with Crippen molar-refractivity contribution in [2.24, 2.45) is 17.8 Å². The van der Waals surface area contributed by atoms with Gasteiger partial charge in [0.05, 0.1) is 15.4 Å². The van der Waals surface area contributed by atoms with Crippen molar-refractivity contribution < 1.29 is 32.3 Å². The van der Waals surface area contributed by atoms with Crippen LogP contribution in [0.4, 0.5) is 0 Å². The van der Waals surface area contributed by atoms with E-state index >= 15 is 0 Å². The molecule has 0 spiro atoms. The number of hydrogen-bond acceptors (Lipinski definition) is 7. The van der Waals surface area contributed by atoms with Gasteiger partial charge in [-0.15, -0.1) is 0 Å². The third-order valence-electron chi connectivity index (χ3n) is 6.74. The van der Waals surface area contributed by atoms with E-state index < -0.39 is 34.2 Å². The van der Waals surface area contributed by atoms with Crippen molar-refractivity contribution in [2.45, 2.75) is 55.9 Å². The molecular weight excluding hydrogens is 456 g/mol. The molecule has 1 saturated carbocycles. The summed E-state index contributed by atoms with van der Waals surface area (Å²) in [7, 11) is -3.98. The summed E-state index contributed by atoms with van der Waals surface area (Å²) >= 11 is 0. The molecule has 0 bridgehead atoms. The molecule has 4 rings (SSSR count). The van der Waals surface area contributed by atoms with E-state index in [4.69, 9.17) is 9.47 Å². The maximum atomic E-state index is 13.0. The first-order valence-corrected chi connectivity index (χ1v) is 13.0. The summed E-state index contributed by atoms with van der Waals surface area (Å²) < 4.78 is 36.8. The Morgan fingerprint density at radius 1 is 1.03 bits per heavy atom. The number of carbonyl (C=O) groups is 3. The molecule has 3 unspecified atom stereocenters. The SMILES string of the molecule is CC1CCC(C(C)C)C(OC(=O)COC(=O)c2ccc3c(c2)S(=O)(=O)c2ccccc2C3=O)C1. The number of fused-ring (bicyclic) bond motifs is 2. The van der Waals surface area contributed by atoms with Gasteiger partial charge in [-0.25, -0.2) is 18.0 Å². The quantitative estimate of drug-likeness (QED) is 0.499. The van der Waals surface area contributed by atoms with Crippen LogP contribution in [0.1, 0.15) is 66.3 Å². The number of ketones is 1. The number of hydrogen-bond donors (Lipinski definition) is 0. The molecule has 1 aliphatic heterocycles. The van der Waals surface area contributed by atoms with Crippen molar-refractivity contribution in [1.82, 2.24) is 0 Å². The molecule has 0 saturated heterocycles. The minimum atomic E-state index is -3.98. The molecule has 0 amide bonds. The van der Waals surface area contributed by atoms with Crippen LogP contribution in [0, 0.1) is 17.8 Å². The predicted molar refractivity (Wildman–Crippen MR) is 123 cm³/mol. The number of carbonyl (C=O) groups excluding carboxylic acids is 3. The summed E-state index contributed by atoms with van der Waals surface area (Å²) in [6.07, 6.45) is 2.65. The second-order valence-electron chi connectivity index (χ2n) is 9.47. The monoisotopic (exact) mass is 484 g/mol. The smallest absolute Gasteiger partial charge is 0.344 e. The van der Waals surface area contributed by atoms with Crippen LogP contribution >= 0.6 is 0 Å². The van der Waals surface area contributed by atoms with Crippen LogP contribution < -0.4 is 0 Å². The van der Waals surface area contributed by atoms with Crippen LogP contribution in [0.5, 0.6) is 0 Å². The summed E-state index contributed by atoms with van der Waals surface area (Å²) in [4.78, 5) is 37.4. The van der Waals surface area contributed by atoms with E-state index in [0.29, 0.717) is 11.8 Å². The summed E-state index contributed by atoms with van der Waals surface area (Å²) in [6.45, 7) is 5.77. The average Bonchev–Trinajstić information content (AvgIpc) is 2.81. The lowest BCUT2D eigenvalue weighted by Crippen LogP contribution is -2.36. The number of benzene rings is 2. The molecule has 34 heavy (non-hydrogen) atoms. The Kier molecular flexibility index (Phi) is 6.62. The lowest BCUT2D eigenvalue weighted by atomic mass is 9.75. The Labute approximate surface area is 199 Å². The highest BCUT2D eigenvalue weighted by Gasteiger charge is 2.36. The summed E-state index contributed by atoms with van der Waals surface area (Å²) in [5, 5.41) is 0. The normalized spacial score (nSPS) is 23.1. The van der Waals surface area contributed by atoms with Gasteiger partial charge in [-0.05, 0) is 60.9 Å². The van der Waals surface area contributed by atoms with Crippen molar-refractivity contribution >= 4 is 27.6 Å². The van der Waals surface area contributed by atoms with Crippen LogP contribution in [0.15, 0.2) is 52.3 Å². The van der Waals surface area contributed by atoms with E-state index in [2.05, 4.69) is 20.8 Å². The Morgan fingerprint density at radius 2 is 1.74 bits per heavy atom. The van der Waals surface area contributed by atoms with Crippen LogP contribution in [0.3, 0.4) is 0 Å². The van der Waals surface area contributed by atoms with Crippen molar-refractivity contribution in [3.8, 4) is 0 Å². The van der Waals surface area contributed by atoms with E-state index in [1.807, 2.05) is 0 Å². The molecule has 1 heterocycles. The van der Waals surface area contributed by atoms with Gasteiger partial charge >= 0.3 is 11.9 Å². The molecule has 180 valence electrons. The molecule has 1 aliphatic carbocycles. The zero-order valence-electron chi connectivity index (χ0n) is 19.4. The van der Waals surface area contributed by atoms with Crippen LogP contribution in [0.25, 0.3) is 0 Å². The van der Waals surface area contributed by atoms with E-state index in [1.54, 1.807) is 6.07 Å². The van der Waals surface area contributed by atoms with Gasteiger partial charge in [0.15, 0.2) is 12.4 Å². The van der Waals surface area contributed by atoms with Gasteiger partial charge in [0.1, 0.15) is 6.10 Å². The van der Waals surface area contributed by atoms with Gasteiger partial charge in [0.25, 0.3) is 0 Å². The lowest BCUT2D eigenvalue weighted by molar-refractivity contribution is -0.159. The van der Waals surface area contributed by atoms with Gasteiger partial charge < -0.3 is 9.47 Å². The van der Waals surface area contributed by atoms with Gasteiger partial charge in [-0.1, -0.05) is 39.3 Å². The molecule has 7 nitrogen and oxygen atoms in total. The molecular formula is C26H28O7S. The van der Waals surface area contributed by atoms with Crippen LogP contribution in [-0.2, 0) is 24.1 Å². The first-order chi connectivity index (χ1) is 16.1. The maximum absolute atomic E-state index is 13.0. The topological polar surface area (TPSA) is 104 Å². The number of sulfone groups is 1. The van der Waals surface area contributed by atoms with Crippen LogP contribution in [-0.4, -0.2) is 38.9 Å². The Bertz CT molecular complexity index is 1250. The van der Waals surface area contributed by atoms with Gasteiger partial charge in [-0.3, -0.25) is 4.79 Å². The largest absolute Gasteiger partial charge is 0.460 e. The minimum Gasteiger partial charge on any atom is -0.460 e. The number of esters is 2. The fraction of sp³-hybridized carbons (Fsp3) is 0.423. The van der Waals surface area contributed by atoms with E-state index in [1.165, 1.54) is 30.3 Å². The maximum Gasteiger partial charge on any atom is 0.344 e. The average molecular weight is 485 g/mol. The highest BCUT2D eigenvalue weighted by atomic mass is 32.2. The zero-order chi connectivity index (χ0) is 24.6. The molecule has 1 fully saturated rings. The van der Waals surface area contributed by atoms with Gasteiger partial charge in [0.2, 0.25) is 9.84 Å². The number of rotatable bonds is 5. The first kappa shape index (κ1) is 24.1. The number of ether oxygens (including phenoxy) is 2. The third kappa shape index (κ3) is 4.51. The first-order valence-electron chi connectivity index (χ1n) is 11.5. The van der Waals surface area contributed by atoms with Crippen LogP contribution in [0.2, 0.25) is 0 Å². The molecule has 0 aromatic heterocycles. The summed E-state index contributed by atoms with van der Waals surface area (Å²) in [5.41, 5.74) is 0.0410. The molecule has 3 atom stereocenters. The predicted octanol–water partition coefficient (Wildman–Crippen LogP) is 4.22. The van der Waals surface area contributed by atoms with Crippen molar-refractivity contribution in [3.05, 3.63) is 59.2 Å². The summed E-state index contributed by atoms with van der Waals surface area (Å²) in [5.74, 6) is -0.822. The highest BCUT2D eigenvalue weighted by molar-refractivity contribution is 7.91. The van der Waals surface area contributed by atoms with E-state index in [-0.39, 0.29) is 38.5 Å². The van der Waals surface area contributed by atoms with Gasteiger partial charge in [0, 0.05) is 11.1 Å². The molecule has 2 aliphatic rings. The summed E-state index contributed by atoms with van der Waals surface area (Å²) in [6, 6.07) is 9.71. The van der Waals surface area contributed by atoms with Crippen molar-refractivity contribution in [2.75, 3.05) is 6.61 Å². The lowest BCUT2D eigenvalue weighted by Gasteiger charge is -2.36. The third-order valence-corrected chi connectivity index (χ3v) is 8.59. The standard InChI is InChI=1S/C26H28O7S/c1-15(2)18-10-8-16(3)12-21(18)33-24(27)14-32-26(29)17-9-11-20-23(13-17)34(30,31)22-7-5-4-6-19(22)25(20)28/h4-7,9,11,13,15-16,18,21H,8,10,12,14H2,1-3H3. The second-order valence-corrected chi connectivity index (χ2v) is 11.4. The van der Waals surface area contributed by atoms with Crippen molar-refractivity contribution in [3.63, 3.8) is 0 Å². The fourth-order valence-corrected chi connectivity index (χ4v) is 6.55. The van der Waals surface area contributed by atoms with E-state index in [9.17, 15) is 22.8 Å². The fourth-order valence-electron chi connectivity index (χ4n) is 4.87. The Morgan fingerprint density at radius 3 is 2.47 bits per heavy atom. The second kappa shape index (κ2) is 9.33. The minimum absolute atomic E-state index is 0.000746. The van der Waals surface area contributed by atoms with Crippen molar-refractivity contribution in [1.29, 1.82) is 0 Å². The Balaban J connectivity index is 1.46.